The molecule has 0 saturated carbocycles. The highest BCUT2D eigenvalue weighted by Crippen LogP contribution is 2.22. The summed E-state index contributed by atoms with van der Waals surface area (Å²) in [4.78, 5) is 0. The normalized spacial score (nSPS) is 32.4. The van der Waals surface area contributed by atoms with Crippen molar-refractivity contribution in [3.63, 3.8) is 0 Å². The average Bonchev–Trinajstić information content (AvgIpc) is 2.40. The summed E-state index contributed by atoms with van der Waals surface area (Å²) in [5.74, 6) is -0.403. The first-order valence-electron chi connectivity index (χ1n) is 6.05. The molecule has 4 N–H and O–H groups in total. The van der Waals surface area contributed by atoms with Crippen LogP contribution in [0.15, 0.2) is 30.3 Å². The fraction of sp³-hybridized carbons (Fsp3) is 0.538. The van der Waals surface area contributed by atoms with Gasteiger partial charge in [0.15, 0.2) is 6.29 Å². The molecule has 0 aliphatic carbocycles. The largest absolute Gasteiger partial charge is 0.390 e. The summed E-state index contributed by atoms with van der Waals surface area (Å²) in [5.41, 5.74) is 6.53. The van der Waals surface area contributed by atoms with E-state index in [1.54, 1.807) is 0 Å². The Bertz CT molecular complexity index is 359. The Morgan fingerprint density at radius 3 is 2.67 bits per heavy atom. The van der Waals surface area contributed by atoms with Gasteiger partial charge in [0.2, 0.25) is 0 Å². The van der Waals surface area contributed by atoms with E-state index in [1.165, 1.54) is 0 Å². The third kappa shape index (κ3) is 3.07. The second kappa shape index (κ2) is 6.26. The van der Waals surface area contributed by atoms with Gasteiger partial charge in [0.25, 0.3) is 0 Å². The lowest BCUT2D eigenvalue weighted by molar-refractivity contribution is -0.259. The molecule has 0 spiro atoms. The van der Waals surface area contributed by atoms with Crippen LogP contribution in [0, 0.1) is 5.92 Å². The van der Waals surface area contributed by atoms with E-state index in [0.717, 1.165) is 5.56 Å². The molecule has 18 heavy (non-hydrogen) atoms. The molecular formula is C13H19NO4. The molecule has 1 heterocycles. The van der Waals surface area contributed by atoms with Crippen molar-refractivity contribution in [3.8, 4) is 0 Å². The van der Waals surface area contributed by atoms with Gasteiger partial charge in [-0.05, 0) is 5.56 Å². The smallest absolute Gasteiger partial charge is 0.184 e. The Morgan fingerprint density at radius 2 is 2.00 bits per heavy atom. The molecule has 4 atom stereocenters. The zero-order chi connectivity index (χ0) is 13.0. The topological polar surface area (TPSA) is 84.9 Å². The molecule has 0 radical (unpaired) electrons. The third-order valence-corrected chi connectivity index (χ3v) is 3.17. The van der Waals surface area contributed by atoms with Crippen LogP contribution in [0.1, 0.15) is 5.56 Å². The fourth-order valence-corrected chi connectivity index (χ4v) is 2.04. The van der Waals surface area contributed by atoms with Crippen LogP contribution in [-0.4, -0.2) is 41.9 Å². The molecule has 0 aromatic heterocycles. The van der Waals surface area contributed by atoms with Gasteiger partial charge in [0.1, 0.15) is 6.10 Å². The molecule has 1 aromatic carbocycles. The summed E-state index contributed by atoms with van der Waals surface area (Å²) < 4.78 is 10.8. The fourth-order valence-electron chi connectivity index (χ4n) is 2.04. The number of aliphatic hydroxyl groups excluding tert-OH is 2. The Labute approximate surface area is 106 Å². The summed E-state index contributed by atoms with van der Waals surface area (Å²) in [5, 5.41) is 19.6. The van der Waals surface area contributed by atoms with Gasteiger partial charge in [-0.3, -0.25) is 0 Å². The molecule has 100 valence electrons. The van der Waals surface area contributed by atoms with Crippen LogP contribution in [0.3, 0.4) is 0 Å². The van der Waals surface area contributed by atoms with Gasteiger partial charge in [-0.15, -0.1) is 0 Å². The zero-order valence-electron chi connectivity index (χ0n) is 10.1. The third-order valence-electron chi connectivity index (χ3n) is 3.17. The van der Waals surface area contributed by atoms with E-state index in [0.29, 0.717) is 6.61 Å². The standard InChI is InChI=1S/C13H19NO4/c14-6-10-11(15)8-18-13(12(10)16)17-7-9-4-2-1-3-5-9/h1-5,10-13,15-16H,6-8,14H2. The quantitative estimate of drug-likeness (QED) is 0.695. The summed E-state index contributed by atoms with van der Waals surface area (Å²) in [6.45, 7) is 0.700. The lowest BCUT2D eigenvalue weighted by Crippen LogP contribution is -2.52. The SMILES string of the molecule is NCC1C(O)COC(OCc2ccccc2)C1O. The molecule has 2 rings (SSSR count). The van der Waals surface area contributed by atoms with Crippen LogP contribution >= 0.6 is 0 Å². The second-order valence-electron chi connectivity index (χ2n) is 4.46. The molecule has 1 aromatic rings. The Hall–Kier alpha value is -0.980. The summed E-state index contributed by atoms with van der Waals surface area (Å²) >= 11 is 0. The van der Waals surface area contributed by atoms with E-state index in [-0.39, 0.29) is 13.2 Å². The van der Waals surface area contributed by atoms with Crippen molar-refractivity contribution in [3.05, 3.63) is 35.9 Å². The number of benzene rings is 1. The van der Waals surface area contributed by atoms with E-state index in [1.807, 2.05) is 30.3 Å². The van der Waals surface area contributed by atoms with E-state index < -0.39 is 24.4 Å². The molecule has 5 heteroatoms. The van der Waals surface area contributed by atoms with Crippen LogP contribution in [0.25, 0.3) is 0 Å². The second-order valence-corrected chi connectivity index (χ2v) is 4.46. The molecule has 0 bridgehead atoms. The van der Waals surface area contributed by atoms with Crippen molar-refractivity contribution < 1.29 is 19.7 Å². The van der Waals surface area contributed by atoms with E-state index in [9.17, 15) is 10.2 Å². The number of nitrogens with two attached hydrogens (primary N) is 1. The van der Waals surface area contributed by atoms with Crippen LogP contribution in [0.4, 0.5) is 0 Å². The number of hydrogen-bond acceptors (Lipinski definition) is 5. The monoisotopic (exact) mass is 253 g/mol. The molecule has 1 fully saturated rings. The maximum Gasteiger partial charge on any atom is 0.184 e. The Kier molecular flexibility index (Phi) is 4.68. The van der Waals surface area contributed by atoms with Crippen molar-refractivity contribution in [1.29, 1.82) is 0 Å². The summed E-state index contributed by atoms with van der Waals surface area (Å²) in [7, 11) is 0. The highest BCUT2D eigenvalue weighted by molar-refractivity contribution is 5.13. The number of rotatable bonds is 4. The van der Waals surface area contributed by atoms with Gasteiger partial charge in [-0.1, -0.05) is 30.3 Å². The molecule has 0 amide bonds. The first-order valence-corrected chi connectivity index (χ1v) is 6.05. The maximum absolute atomic E-state index is 9.99. The highest BCUT2D eigenvalue weighted by atomic mass is 16.7. The van der Waals surface area contributed by atoms with Crippen LogP contribution < -0.4 is 5.73 Å². The van der Waals surface area contributed by atoms with Crippen LogP contribution in [0.5, 0.6) is 0 Å². The van der Waals surface area contributed by atoms with E-state index >= 15 is 0 Å². The van der Waals surface area contributed by atoms with Crippen molar-refractivity contribution in [2.24, 2.45) is 11.7 Å². The van der Waals surface area contributed by atoms with Crippen molar-refractivity contribution in [2.45, 2.75) is 25.1 Å². The molecule has 1 aliphatic rings. The van der Waals surface area contributed by atoms with Crippen molar-refractivity contribution >= 4 is 0 Å². The van der Waals surface area contributed by atoms with Gasteiger partial charge in [0, 0.05) is 12.5 Å². The molecule has 1 aliphatic heterocycles. The van der Waals surface area contributed by atoms with Gasteiger partial charge in [0.05, 0.1) is 19.3 Å². The van der Waals surface area contributed by atoms with E-state index in [2.05, 4.69) is 0 Å². The number of ether oxygens (including phenoxy) is 2. The number of hydrogen-bond donors (Lipinski definition) is 3. The summed E-state index contributed by atoms with van der Waals surface area (Å²) in [6.07, 6.45) is -2.37. The van der Waals surface area contributed by atoms with Gasteiger partial charge >= 0.3 is 0 Å². The first-order chi connectivity index (χ1) is 8.72. The van der Waals surface area contributed by atoms with Crippen LogP contribution in [-0.2, 0) is 16.1 Å². The molecule has 1 saturated heterocycles. The molecule has 5 nitrogen and oxygen atoms in total. The van der Waals surface area contributed by atoms with Crippen molar-refractivity contribution in [1.82, 2.24) is 0 Å². The molecular weight excluding hydrogens is 234 g/mol. The minimum atomic E-state index is -0.900. The molecule has 4 unspecified atom stereocenters. The van der Waals surface area contributed by atoms with Gasteiger partial charge in [-0.25, -0.2) is 0 Å². The Morgan fingerprint density at radius 1 is 1.28 bits per heavy atom. The minimum Gasteiger partial charge on any atom is -0.390 e. The highest BCUT2D eigenvalue weighted by Gasteiger charge is 2.38. The lowest BCUT2D eigenvalue weighted by Gasteiger charge is -2.37. The summed E-state index contributed by atoms with van der Waals surface area (Å²) in [6, 6.07) is 9.64. The lowest BCUT2D eigenvalue weighted by atomic mass is 9.93. The predicted octanol–water partition coefficient (Wildman–Crippen LogP) is -0.144. The maximum atomic E-state index is 9.99. The average molecular weight is 253 g/mol. The van der Waals surface area contributed by atoms with Gasteiger partial charge in [-0.2, -0.15) is 0 Å². The minimum absolute atomic E-state index is 0.137. The Balaban J connectivity index is 1.90. The van der Waals surface area contributed by atoms with Crippen molar-refractivity contribution in [2.75, 3.05) is 13.2 Å². The zero-order valence-corrected chi connectivity index (χ0v) is 10.1. The van der Waals surface area contributed by atoms with E-state index in [4.69, 9.17) is 15.2 Å². The van der Waals surface area contributed by atoms with Crippen LogP contribution in [0.2, 0.25) is 0 Å². The first kappa shape index (κ1) is 13.5. The predicted molar refractivity (Wildman–Crippen MR) is 65.5 cm³/mol. The number of aliphatic hydroxyl groups is 2. The van der Waals surface area contributed by atoms with Gasteiger partial charge < -0.3 is 25.4 Å².